The van der Waals surface area contributed by atoms with Crippen LogP contribution in [-0.2, 0) is 9.53 Å². The number of carbonyl (C=O) groups is 2. The molecule has 0 unspecified atom stereocenters. The quantitative estimate of drug-likeness (QED) is 0.603. The van der Waals surface area contributed by atoms with Gasteiger partial charge in [-0.05, 0) is 18.2 Å². The first-order chi connectivity index (χ1) is 9.04. The second-order valence-electron chi connectivity index (χ2n) is 4.00. The van der Waals surface area contributed by atoms with Gasteiger partial charge in [-0.3, -0.25) is 4.79 Å². The van der Waals surface area contributed by atoms with Gasteiger partial charge in [0, 0.05) is 5.57 Å². The number of Topliss-reactive ketones (excluding diaryl/α,β-unsaturated/α-hetero) is 1. The summed E-state index contributed by atoms with van der Waals surface area (Å²) in [7, 11) is 0. The number of carbonyl (C=O) groups excluding carboxylic acids is 2. The molecule has 1 aliphatic carbocycles. The number of rotatable bonds is 3. The lowest BCUT2D eigenvalue weighted by atomic mass is 9.91. The molecule has 0 aliphatic heterocycles. The third-order valence-corrected chi connectivity index (χ3v) is 2.73. The van der Waals surface area contributed by atoms with Gasteiger partial charge in [-0.1, -0.05) is 0 Å². The number of esters is 1. The van der Waals surface area contributed by atoms with Crippen LogP contribution in [0.5, 0.6) is 0 Å². The zero-order valence-electron chi connectivity index (χ0n) is 9.72. The van der Waals surface area contributed by atoms with E-state index in [9.17, 15) is 19.8 Å². The van der Waals surface area contributed by atoms with E-state index in [4.69, 9.17) is 14.3 Å². The summed E-state index contributed by atoms with van der Waals surface area (Å²) < 4.78 is 9.61. The number of aliphatic hydroxyl groups excluding tert-OH is 3. The Morgan fingerprint density at radius 3 is 2.74 bits per heavy atom. The lowest BCUT2D eigenvalue weighted by Crippen LogP contribution is -2.49. The summed E-state index contributed by atoms with van der Waals surface area (Å²) in [5, 5.41) is 28.1. The number of furan rings is 1. The summed E-state index contributed by atoms with van der Waals surface area (Å²) in [6.45, 7) is -0.614. The largest absolute Gasteiger partial charge is 0.457 e. The highest BCUT2D eigenvalue weighted by molar-refractivity contribution is 6.02. The summed E-state index contributed by atoms with van der Waals surface area (Å²) in [5.41, 5.74) is -0.116. The highest BCUT2D eigenvalue weighted by atomic mass is 16.6. The van der Waals surface area contributed by atoms with Crippen molar-refractivity contribution in [2.45, 2.75) is 18.3 Å². The number of ketones is 1. The fourth-order valence-corrected chi connectivity index (χ4v) is 1.73. The summed E-state index contributed by atoms with van der Waals surface area (Å²) >= 11 is 0. The highest BCUT2D eigenvalue weighted by Crippen LogP contribution is 2.20. The van der Waals surface area contributed by atoms with E-state index in [1.165, 1.54) is 18.4 Å². The molecule has 1 heterocycles. The van der Waals surface area contributed by atoms with Crippen LogP contribution in [-0.4, -0.2) is 52.0 Å². The average molecular weight is 268 g/mol. The highest BCUT2D eigenvalue weighted by Gasteiger charge is 2.40. The maximum absolute atomic E-state index is 11.8. The number of ether oxygens (including phenoxy) is 1. The molecule has 1 aromatic heterocycles. The Hall–Kier alpha value is -1.96. The first kappa shape index (κ1) is 13.5. The standard InChI is InChI=1S/C12H12O7/c13-5-6-4-7(14)10(16)11(9(6)15)19-12(17)8-2-1-3-18-8/h1-4,7,10-11,13-14,16H,5H2/t7-,10-,11-/m1/s1. The first-order valence-electron chi connectivity index (χ1n) is 5.51. The van der Waals surface area contributed by atoms with E-state index in [1.54, 1.807) is 0 Å². The zero-order valence-corrected chi connectivity index (χ0v) is 9.72. The predicted molar refractivity (Wildman–Crippen MR) is 60.1 cm³/mol. The molecule has 0 saturated carbocycles. The van der Waals surface area contributed by atoms with Gasteiger partial charge in [-0.2, -0.15) is 0 Å². The van der Waals surface area contributed by atoms with Gasteiger partial charge < -0.3 is 24.5 Å². The number of aliphatic hydroxyl groups is 3. The maximum atomic E-state index is 11.8. The topological polar surface area (TPSA) is 117 Å². The number of hydrogen-bond acceptors (Lipinski definition) is 7. The minimum atomic E-state index is -1.58. The second-order valence-corrected chi connectivity index (χ2v) is 4.00. The van der Waals surface area contributed by atoms with Crippen LogP contribution in [0.1, 0.15) is 10.6 Å². The molecule has 7 nitrogen and oxygen atoms in total. The van der Waals surface area contributed by atoms with Crippen LogP contribution in [0.2, 0.25) is 0 Å². The van der Waals surface area contributed by atoms with Crippen LogP contribution in [0.4, 0.5) is 0 Å². The normalized spacial score (nSPS) is 27.0. The van der Waals surface area contributed by atoms with Crippen LogP contribution in [0, 0.1) is 0 Å². The number of hydrogen-bond donors (Lipinski definition) is 3. The molecule has 0 saturated heterocycles. The molecule has 7 heteroatoms. The molecular formula is C12H12O7. The molecule has 1 aromatic rings. The van der Waals surface area contributed by atoms with Crippen LogP contribution in [0.25, 0.3) is 0 Å². The van der Waals surface area contributed by atoms with E-state index in [0.717, 1.165) is 6.08 Å². The Kier molecular flexibility index (Phi) is 3.79. The molecule has 0 spiro atoms. The van der Waals surface area contributed by atoms with Crippen molar-refractivity contribution >= 4 is 11.8 Å². The van der Waals surface area contributed by atoms with Gasteiger partial charge in [0.05, 0.1) is 12.9 Å². The van der Waals surface area contributed by atoms with Gasteiger partial charge >= 0.3 is 5.97 Å². The second kappa shape index (κ2) is 5.35. The Bertz CT molecular complexity index is 502. The smallest absolute Gasteiger partial charge is 0.375 e. The fraction of sp³-hybridized carbons (Fsp3) is 0.333. The van der Waals surface area contributed by atoms with Crippen molar-refractivity contribution in [3.8, 4) is 0 Å². The molecule has 1 aliphatic rings. The molecular weight excluding hydrogens is 256 g/mol. The molecule has 3 N–H and O–H groups in total. The molecule has 3 atom stereocenters. The van der Waals surface area contributed by atoms with Crippen molar-refractivity contribution < 1.29 is 34.1 Å². The summed E-state index contributed by atoms with van der Waals surface area (Å²) in [4.78, 5) is 23.4. The summed E-state index contributed by atoms with van der Waals surface area (Å²) in [6, 6.07) is 2.80. The SMILES string of the molecule is O=C(O[C@@H]1C(=O)C(CO)=C[C@@H](O)[C@H]1O)c1ccco1. The molecule has 2 rings (SSSR count). The summed E-state index contributed by atoms with van der Waals surface area (Å²) in [5.74, 6) is -1.82. The van der Waals surface area contributed by atoms with Crippen molar-refractivity contribution in [3.05, 3.63) is 35.8 Å². The van der Waals surface area contributed by atoms with Crippen LogP contribution in [0.15, 0.2) is 34.5 Å². The van der Waals surface area contributed by atoms with Gasteiger partial charge in [0.1, 0.15) is 12.2 Å². The fourth-order valence-electron chi connectivity index (χ4n) is 1.73. The minimum absolute atomic E-state index is 0.116. The molecule has 102 valence electrons. The summed E-state index contributed by atoms with van der Waals surface area (Å²) in [6.07, 6.45) is -2.26. The Labute approximate surface area is 107 Å². The Balaban J connectivity index is 2.17. The lowest BCUT2D eigenvalue weighted by Gasteiger charge is -2.28. The maximum Gasteiger partial charge on any atom is 0.375 e. The molecule has 0 amide bonds. The van der Waals surface area contributed by atoms with Crippen molar-refractivity contribution in [3.63, 3.8) is 0 Å². The van der Waals surface area contributed by atoms with Crippen LogP contribution >= 0.6 is 0 Å². The first-order valence-corrected chi connectivity index (χ1v) is 5.51. The third kappa shape index (κ3) is 2.58. The van der Waals surface area contributed by atoms with Gasteiger partial charge in [0.2, 0.25) is 11.5 Å². The molecule has 0 radical (unpaired) electrons. The van der Waals surface area contributed by atoms with Crippen molar-refractivity contribution in [1.29, 1.82) is 0 Å². The van der Waals surface area contributed by atoms with Crippen molar-refractivity contribution in [1.82, 2.24) is 0 Å². The minimum Gasteiger partial charge on any atom is -0.457 e. The molecule has 19 heavy (non-hydrogen) atoms. The van der Waals surface area contributed by atoms with Gasteiger partial charge in [-0.25, -0.2) is 4.79 Å². The monoisotopic (exact) mass is 268 g/mol. The lowest BCUT2D eigenvalue weighted by molar-refractivity contribution is -0.136. The predicted octanol–water partition coefficient (Wildman–Crippen LogP) is -0.972. The van der Waals surface area contributed by atoms with Gasteiger partial charge in [0.15, 0.2) is 6.10 Å². The third-order valence-electron chi connectivity index (χ3n) is 2.73. The van der Waals surface area contributed by atoms with E-state index in [-0.39, 0.29) is 11.3 Å². The Morgan fingerprint density at radius 1 is 1.42 bits per heavy atom. The Morgan fingerprint density at radius 2 is 2.16 bits per heavy atom. The van der Waals surface area contributed by atoms with Crippen LogP contribution < -0.4 is 0 Å². The zero-order chi connectivity index (χ0) is 14.0. The van der Waals surface area contributed by atoms with Gasteiger partial charge in [-0.15, -0.1) is 0 Å². The van der Waals surface area contributed by atoms with Gasteiger partial charge in [0.25, 0.3) is 0 Å². The van der Waals surface area contributed by atoms with E-state index < -0.39 is 36.7 Å². The van der Waals surface area contributed by atoms with E-state index in [1.807, 2.05) is 0 Å². The van der Waals surface area contributed by atoms with Crippen LogP contribution in [0.3, 0.4) is 0 Å². The molecule has 0 fully saturated rings. The molecule has 0 aromatic carbocycles. The average Bonchev–Trinajstić information content (AvgIpc) is 2.92. The van der Waals surface area contributed by atoms with Crippen molar-refractivity contribution in [2.24, 2.45) is 0 Å². The van der Waals surface area contributed by atoms with E-state index in [2.05, 4.69) is 0 Å². The van der Waals surface area contributed by atoms with E-state index in [0.29, 0.717) is 0 Å². The van der Waals surface area contributed by atoms with Crippen molar-refractivity contribution in [2.75, 3.05) is 6.61 Å². The van der Waals surface area contributed by atoms with E-state index >= 15 is 0 Å². The molecule has 0 bridgehead atoms.